The highest BCUT2D eigenvalue weighted by Crippen LogP contribution is 2.40. The Morgan fingerprint density at radius 3 is 2.16 bits per heavy atom. The van der Waals surface area contributed by atoms with Gasteiger partial charge in [0.05, 0.1) is 25.3 Å². The Morgan fingerprint density at radius 1 is 0.806 bits per heavy atom. The zero-order valence-electron chi connectivity index (χ0n) is 18.0. The van der Waals surface area contributed by atoms with Crippen molar-refractivity contribution in [1.82, 2.24) is 0 Å². The van der Waals surface area contributed by atoms with Gasteiger partial charge in [-0.1, -0.05) is 18.2 Å². The van der Waals surface area contributed by atoms with Crippen LogP contribution in [0.3, 0.4) is 0 Å². The fourth-order valence-corrected chi connectivity index (χ4v) is 4.12. The molecule has 2 N–H and O–H groups in total. The summed E-state index contributed by atoms with van der Waals surface area (Å²) in [5.41, 5.74) is 10.8. The van der Waals surface area contributed by atoms with Crippen LogP contribution in [-0.2, 0) is 6.54 Å². The molecule has 4 rings (SSSR count). The molecule has 3 aromatic carbocycles. The van der Waals surface area contributed by atoms with Crippen molar-refractivity contribution in [1.29, 1.82) is 0 Å². The number of nitrogens with zero attached hydrogens (tertiary/aromatic N) is 1. The zero-order valence-corrected chi connectivity index (χ0v) is 18.0. The van der Waals surface area contributed by atoms with Crippen molar-refractivity contribution >= 4 is 17.3 Å². The number of hydrogen-bond donors (Lipinski definition) is 1. The molecule has 31 heavy (non-hydrogen) atoms. The molecule has 0 aromatic heterocycles. The molecular formula is C25H24N2O4. The minimum Gasteiger partial charge on any atom is -0.496 e. The van der Waals surface area contributed by atoms with Crippen molar-refractivity contribution in [2.75, 3.05) is 33.2 Å². The van der Waals surface area contributed by atoms with Gasteiger partial charge in [0.25, 0.3) is 0 Å². The number of carbonyl (C=O) groups excluding carboxylic acids is 2. The van der Waals surface area contributed by atoms with E-state index in [0.717, 1.165) is 22.4 Å². The number of anilines is 1. The molecule has 6 nitrogen and oxygen atoms in total. The Labute approximate surface area is 181 Å². The van der Waals surface area contributed by atoms with Crippen LogP contribution in [0.15, 0.2) is 48.5 Å². The predicted octanol–water partition coefficient (Wildman–Crippen LogP) is 3.67. The normalized spacial score (nSPS) is 12.3. The van der Waals surface area contributed by atoms with E-state index in [2.05, 4.69) is 0 Å². The smallest absolute Gasteiger partial charge is 0.201 e. The Morgan fingerprint density at radius 2 is 1.52 bits per heavy atom. The van der Waals surface area contributed by atoms with Crippen molar-refractivity contribution in [2.45, 2.75) is 6.54 Å². The zero-order chi connectivity index (χ0) is 22.3. The molecule has 0 aliphatic heterocycles. The number of methoxy groups -OCH3 is 2. The fraction of sp³-hybridized carbons (Fsp3) is 0.200. The second-order valence-corrected chi connectivity index (χ2v) is 7.58. The van der Waals surface area contributed by atoms with Crippen LogP contribution in [0.4, 0.5) is 5.69 Å². The average molecular weight is 416 g/mol. The van der Waals surface area contributed by atoms with Crippen molar-refractivity contribution in [2.24, 2.45) is 5.73 Å². The summed E-state index contributed by atoms with van der Waals surface area (Å²) >= 11 is 0. The lowest BCUT2D eigenvalue weighted by Crippen LogP contribution is -2.22. The Balaban J connectivity index is 1.92. The monoisotopic (exact) mass is 416 g/mol. The molecule has 0 saturated heterocycles. The van der Waals surface area contributed by atoms with E-state index in [1.807, 2.05) is 37.2 Å². The SMILES string of the molecule is COc1cccc2c1C(=O)c1c(OC)cc(-c3ccc(N(C)C)c(CN)c3)cc1C2=O. The van der Waals surface area contributed by atoms with E-state index < -0.39 is 0 Å². The highest BCUT2D eigenvalue weighted by molar-refractivity contribution is 6.30. The third-order valence-electron chi connectivity index (χ3n) is 5.63. The molecule has 6 heteroatoms. The van der Waals surface area contributed by atoms with Crippen LogP contribution >= 0.6 is 0 Å². The van der Waals surface area contributed by atoms with Crippen LogP contribution < -0.4 is 20.1 Å². The Hall–Kier alpha value is -3.64. The van der Waals surface area contributed by atoms with Crippen molar-refractivity contribution in [3.8, 4) is 22.6 Å². The number of hydrogen-bond acceptors (Lipinski definition) is 6. The average Bonchev–Trinajstić information content (AvgIpc) is 2.80. The van der Waals surface area contributed by atoms with E-state index >= 15 is 0 Å². The molecular weight excluding hydrogens is 392 g/mol. The van der Waals surface area contributed by atoms with Gasteiger partial charge in [-0.25, -0.2) is 0 Å². The molecule has 0 amide bonds. The first-order chi connectivity index (χ1) is 14.9. The molecule has 1 aliphatic rings. The molecule has 0 radical (unpaired) electrons. The van der Waals surface area contributed by atoms with Crippen LogP contribution in [0.1, 0.15) is 37.4 Å². The van der Waals surface area contributed by atoms with Gasteiger partial charge < -0.3 is 20.1 Å². The molecule has 0 atom stereocenters. The molecule has 3 aromatic rings. The maximum Gasteiger partial charge on any atom is 0.201 e. The lowest BCUT2D eigenvalue weighted by Gasteiger charge is -2.23. The highest BCUT2D eigenvalue weighted by Gasteiger charge is 2.35. The second-order valence-electron chi connectivity index (χ2n) is 7.58. The maximum absolute atomic E-state index is 13.3. The van der Waals surface area contributed by atoms with Gasteiger partial charge in [-0.15, -0.1) is 0 Å². The van der Waals surface area contributed by atoms with E-state index in [1.54, 1.807) is 30.3 Å². The molecule has 158 valence electrons. The van der Waals surface area contributed by atoms with Crippen LogP contribution in [0.25, 0.3) is 11.1 Å². The molecule has 0 saturated carbocycles. The topological polar surface area (TPSA) is 81.9 Å². The van der Waals surface area contributed by atoms with Gasteiger partial charge in [0, 0.05) is 37.5 Å². The van der Waals surface area contributed by atoms with Gasteiger partial charge in [-0.2, -0.15) is 0 Å². The molecule has 0 fully saturated rings. The lowest BCUT2D eigenvalue weighted by atomic mass is 9.81. The first kappa shape index (κ1) is 20.6. The highest BCUT2D eigenvalue weighted by atomic mass is 16.5. The van der Waals surface area contributed by atoms with E-state index in [4.69, 9.17) is 15.2 Å². The fourth-order valence-electron chi connectivity index (χ4n) is 4.12. The molecule has 0 heterocycles. The van der Waals surface area contributed by atoms with Crippen molar-refractivity contribution in [3.05, 3.63) is 76.3 Å². The first-order valence-electron chi connectivity index (χ1n) is 9.90. The summed E-state index contributed by atoms with van der Waals surface area (Å²) in [6.07, 6.45) is 0. The summed E-state index contributed by atoms with van der Waals surface area (Å²) in [5, 5.41) is 0. The van der Waals surface area contributed by atoms with Gasteiger partial charge in [0.2, 0.25) is 5.78 Å². The summed E-state index contributed by atoms with van der Waals surface area (Å²) in [7, 11) is 6.91. The summed E-state index contributed by atoms with van der Waals surface area (Å²) < 4.78 is 10.9. The largest absolute Gasteiger partial charge is 0.496 e. The molecule has 1 aliphatic carbocycles. The van der Waals surface area contributed by atoms with Crippen LogP contribution in [0, 0.1) is 0 Å². The van der Waals surface area contributed by atoms with Crippen molar-refractivity contribution in [3.63, 3.8) is 0 Å². The number of benzene rings is 3. The molecule has 0 unspecified atom stereocenters. The number of rotatable bonds is 5. The number of nitrogens with two attached hydrogens (primary N) is 1. The quantitative estimate of drug-likeness (QED) is 0.535. The van der Waals surface area contributed by atoms with Crippen LogP contribution in [-0.4, -0.2) is 39.9 Å². The maximum atomic E-state index is 13.3. The summed E-state index contributed by atoms with van der Waals surface area (Å²) in [4.78, 5) is 28.7. The first-order valence-corrected chi connectivity index (χ1v) is 9.90. The lowest BCUT2D eigenvalue weighted by molar-refractivity contribution is 0.0974. The van der Waals surface area contributed by atoms with Crippen molar-refractivity contribution < 1.29 is 19.1 Å². The van der Waals surface area contributed by atoms with Crippen LogP contribution in [0.5, 0.6) is 11.5 Å². The number of fused-ring (bicyclic) bond motifs is 2. The standard InChI is InChI=1S/C25H24N2O4/c1-27(2)19-9-8-14(10-16(19)13-26)15-11-18-23(21(12-15)31-4)25(29)22-17(24(18)28)6-5-7-20(22)30-3/h5-12H,13,26H2,1-4H3. The Kier molecular flexibility index (Phi) is 5.25. The molecule has 0 spiro atoms. The third kappa shape index (κ3) is 3.25. The van der Waals surface area contributed by atoms with Crippen LogP contribution in [0.2, 0.25) is 0 Å². The Bertz CT molecular complexity index is 1210. The number of ketones is 2. The molecule has 0 bridgehead atoms. The third-order valence-corrected chi connectivity index (χ3v) is 5.63. The minimum absolute atomic E-state index is 0.229. The van der Waals surface area contributed by atoms with E-state index in [9.17, 15) is 9.59 Å². The summed E-state index contributed by atoms with van der Waals surface area (Å²) in [6.45, 7) is 0.383. The van der Waals surface area contributed by atoms with Gasteiger partial charge in [0.1, 0.15) is 11.5 Å². The van der Waals surface area contributed by atoms with E-state index in [1.165, 1.54) is 14.2 Å². The second kappa shape index (κ2) is 7.89. The number of ether oxygens (including phenoxy) is 2. The van der Waals surface area contributed by atoms with E-state index in [0.29, 0.717) is 29.2 Å². The number of carbonyl (C=O) groups is 2. The minimum atomic E-state index is -0.281. The van der Waals surface area contributed by atoms with Gasteiger partial charge in [-0.05, 0) is 47.0 Å². The van der Waals surface area contributed by atoms with Gasteiger partial charge >= 0.3 is 0 Å². The summed E-state index contributed by atoms with van der Waals surface area (Å²) in [6, 6.07) is 14.6. The van der Waals surface area contributed by atoms with Gasteiger partial charge in [-0.3, -0.25) is 9.59 Å². The van der Waals surface area contributed by atoms with E-state index in [-0.39, 0.29) is 22.7 Å². The predicted molar refractivity (Wildman–Crippen MR) is 121 cm³/mol. The van der Waals surface area contributed by atoms with Gasteiger partial charge in [0.15, 0.2) is 5.78 Å². The summed E-state index contributed by atoms with van der Waals surface area (Å²) in [5.74, 6) is 0.219.